The van der Waals surface area contributed by atoms with Crippen LogP contribution >= 0.6 is 0 Å². The Morgan fingerprint density at radius 3 is 2.55 bits per heavy atom. The van der Waals surface area contributed by atoms with Crippen LogP contribution in [0.5, 0.6) is 0 Å². The molecule has 3 heteroatoms. The predicted molar refractivity (Wildman–Crippen MR) is 85.5 cm³/mol. The van der Waals surface area contributed by atoms with Crippen molar-refractivity contribution in [2.75, 3.05) is 18.0 Å². The Morgan fingerprint density at radius 1 is 1.05 bits per heavy atom. The molecule has 106 valence electrons. The quantitative estimate of drug-likeness (QED) is 0.867. The van der Waals surface area contributed by atoms with Gasteiger partial charge in [0.2, 0.25) is 0 Å². The summed E-state index contributed by atoms with van der Waals surface area (Å²) in [6.07, 6.45) is 0. The van der Waals surface area contributed by atoms with Gasteiger partial charge in [0.15, 0.2) is 0 Å². The van der Waals surface area contributed by atoms with Crippen LogP contribution in [0, 0.1) is 6.92 Å². The molecular formula is C17H23N3. The fraction of sp³-hybridized carbons (Fsp3) is 0.353. The smallest absolute Gasteiger partial charge is 0.133 e. The van der Waals surface area contributed by atoms with Crippen molar-refractivity contribution in [3.8, 4) is 0 Å². The molecule has 2 aromatic rings. The normalized spacial score (nSPS) is 10.6. The van der Waals surface area contributed by atoms with Gasteiger partial charge in [-0.25, -0.2) is 4.98 Å². The van der Waals surface area contributed by atoms with Crippen LogP contribution in [0.3, 0.4) is 0 Å². The van der Waals surface area contributed by atoms with Gasteiger partial charge in [0.05, 0.1) is 5.69 Å². The molecule has 0 fully saturated rings. The van der Waals surface area contributed by atoms with Crippen LogP contribution in [-0.2, 0) is 6.54 Å². The second-order valence-corrected chi connectivity index (χ2v) is 4.80. The van der Waals surface area contributed by atoms with E-state index in [9.17, 15) is 0 Å². The van der Waals surface area contributed by atoms with Crippen LogP contribution in [0.15, 0.2) is 42.5 Å². The van der Waals surface area contributed by atoms with Crippen molar-refractivity contribution in [3.63, 3.8) is 0 Å². The van der Waals surface area contributed by atoms with E-state index in [4.69, 9.17) is 4.98 Å². The number of hydrogen-bond acceptors (Lipinski definition) is 3. The van der Waals surface area contributed by atoms with Gasteiger partial charge < -0.3 is 10.2 Å². The van der Waals surface area contributed by atoms with E-state index in [1.54, 1.807) is 0 Å². The number of aromatic nitrogens is 1. The van der Waals surface area contributed by atoms with E-state index in [-0.39, 0.29) is 0 Å². The van der Waals surface area contributed by atoms with Crippen LogP contribution < -0.4 is 10.2 Å². The number of para-hydroxylation sites is 1. The maximum atomic E-state index is 4.76. The Kier molecular flexibility index (Phi) is 5.13. The van der Waals surface area contributed by atoms with Crippen molar-refractivity contribution in [2.24, 2.45) is 0 Å². The first kappa shape index (κ1) is 14.5. The lowest BCUT2D eigenvalue weighted by molar-refractivity contribution is 0.710. The van der Waals surface area contributed by atoms with Crippen molar-refractivity contribution in [1.82, 2.24) is 10.3 Å². The number of hydrogen-bond donors (Lipinski definition) is 1. The average Bonchev–Trinajstić information content (AvgIpc) is 2.48. The van der Waals surface area contributed by atoms with Crippen LogP contribution in [0.2, 0.25) is 0 Å². The van der Waals surface area contributed by atoms with Crippen molar-refractivity contribution in [1.29, 1.82) is 0 Å². The largest absolute Gasteiger partial charge is 0.326 e. The van der Waals surface area contributed by atoms with E-state index >= 15 is 0 Å². The van der Waals surface area contributed by atoms with Gasteiger partial charge in [0, 0.05) is 18.8 Å². The van der Waals surface area contributed by atoms with E-state index in [2.05, 4.69) is 73.5 Å². The molecule has 0 radical (unpaired) electrons. The van der Waals surface area contributed by atoms with Crippen LogP contribution in [-0.4, -0.2) is 18.1 Å². The molecule has 0 aliphatic heterocycles. The summed E-state index contributed by atoms with van der Waals surface area (Å²) in [6, 6.07) is 14.7. The Hall–Kier alpha value is -1.87. The number of pyridine rings is 1. The Morgan fingerprint density at radius 2 is 1.85 bits per heavy atom. The minimum Gasteiger partial charge on any atom is -0.326 e. The third-order valence-electron chi connectivity index (χ3n) is 3.35. The number of rotatable bonds is 6. The Labute approximate surface area is 121 Å². The molecule has 1 aromatic heterocycles. The van der Waals surface area contributed by atoms with E-state index < -0.39 is 0 Å². The molecule has 0 aliphatic carbocycles. The first-order valence-corrected chi connectivity index (χ1v) is 7.26. The number of aryl methyl sites for hydroxylation is 1. The number of anilines is 2. The molecule has 3 nitrogen and oxygen atoms in total. The minimum absolute atomic E-state index is 0.815. The zero-order valence-corrected chi connectivity index (χ0v) is 12.6. The molecule has 0 aliphatic rings. The highest BCUT2D eigenvalue weighted by atomic mass is 15.2. The van der Waals surface area contributed by atoms with Gasteiger partial charge in [-0.3, -0.25) is 0 Å². The van der Waals surface area contributed by atoms with Crippen LogP contribution in [0.4, 0.5) is 11.5 Å². The van der Waals surface area contributed by atoms with Gasteiger partial charge in [-0.1, -0.05) is 31.2 Å². The molecule has 0 amide bonds. The maximum Gasteiger partial charge on any atom is 0.133 e. The van der Waals surface area contributed by atoms with E-state index in [0.29, 0.717) is 0 Å². The average molecular weight is 269 g/mol. The number of nitrogens with one attached hydrogen (secondary N) is 1. The van der Waals surface area contributed by atoms with Gasteiger partial charge in [-0.05, 0) is 44.2 Å². The van der Waals surface area contributed by atoms with E-state index in [0.717, 1.165) is 31.1 Å². The summed E-state index contributed by atoms with van der Waals surface area (Å²) in [5.74, 6) is 1.01. The molecule has 20 heavy (non-hydrogen) atoms. The molecule has 1 heterocycles. The standard InChI is InChI=1S/C17H23N3/c1-4-18-13-15-10-8-12-17(19-15)20(5-2)16-11-7-6-9-14(16)3/h6-12,18H,4-5,13H2,1-3H3. The van der Waals surface area contributed by atoms with Crippen molar-refractivity contribution in [3.05, 3.63) is 53.7 Å². The Balaban J connectivity index is 2.30. The summed E-state index contributed by atoms with van der Waals surface area (Å²) < 4.78 is 0. The molecular weight excluding hydrogens is 246 g/mol. The lowest BCUT2D eigenvalue weighted by Gasteiger charge is -2.24. The van der Waals surface area contributed by atoms with Gasteiger partial charge >= 0.3 is 0 Å². The summed E-state index contributed by atoms with van der Waals surface area (Å²) in [4.78, 5) is 7.02. The van der Waals surface area contributed by atoms with Gasteiger partial charge in [-0.2, -0.15) is 0 Å². The molecule has 0 spiro atoms. The lowest BCUT2D eigenvalue weighted by atomic mass is 10.2. The minimum atomic E-state index is 0.815. The highest BCUT2D eigenvalue weighted by molar-refractivity contribution is 5.63. The summed E-state index contributed by atoms with van der Waals surface area (Å²) >= 11 is 0. The first-order chi connectivity index (χ1) is 9.76. The van der Waals surface area contributed by atoms with Gasteiger partial charge in [-0.15, -0.1) is 0 Å². The second kappa shape index (κ2) is 7.06. The summed E-state index contributed by atoms with van der Waals surface area (Å²) in [6.45, 7) is 9.08. The predicted octanol–water partition coefficient (Wildman–Crippen LogP) is 3.66. The highest BCUT2D eigenvalue weighted by Gasteiger charge is 2.10. The highest BCUT2D eigenvalue weighted by Crippen LogP contribution is 2.26. The fourth-order valence-corrected chi connectivity index (χ4v) is 2.29. The second-order valence-electron chi connectivity index (χ2n) is 4.80. The molecule has 0 atom stereocenters. The Bertz CT molecular complexity index is 551. The SMILES string of the molecule is CCNCc1cccc(N(CC)c2ccccc2C)n1. The monoisotopic (exact) mass is 269 g/mol. The van der Waals surface area contributed by atoms with Crippen LogP contribution in [0.25, 0.3) is 0 Å². The molecule has 1 N–H and O–H groups in total. The molecule has 0 unspecified atom stereocenters. The van der Waals surface area contributed by atoms with Crippen molar-refractivity contribution in [2.45, 2.75) is 27.3 Å². The topological polar surface area (TPSA) is 28.2 Å². The fourth-order valence-electron chi connectivity index (χ4n) is 2.29. The molecule has 0 saturated carbocycles. The summed E-state index contributed by atoms with van der Waals surface area (Å²) in [5.41, 5.74) is 3.58. The maximum absolute atomic E-state index is 4.76. The first-order valence-electron chi connectivity index (χ1n) is 7.26. The zero-order chi connectivity index (χ0) is 14.4. The molecule has 0 saturated heterocycles. The zero-order valence-electron chi connectivity index (χ0n) is 12.6. The van der Waals surface area contributed by atoms with Crippen molar-refractivity contribution >= 4 is 11.5 Å². The van der Waals surface area contributed by atoms with Gasteiger partial charge in [0.1, 0.15) is 5.82 Å². The van der Waals surface area contributed by atoms with Crippen molar-refractivity contribution < 1.29 is 0 Å². The van der Waals surface area contributed by atoms with E-state index in [1.807, 2.05) is 0 Å². The molecule has 2 rings (SSSR count). The third kappa shape index (κ3) is 3.36. The lowest BCUT2D eigenvalue weighted by Crippen LogP contribution is -2.20. The van der Waals surface area contributed by atoms with E-state index in [1.165, 1.54) is 11.3 Å². The number of benzene rings is 1. The molecule has 1 aromatic carbocycles. The molecule has 0 bridgehead atoms. The van der Waals surface area contributed by atoms with Crippen LogP contribution in [0.1, 0.15) is 25.1 Å². The number of nitrogens with zero attached hydrogens (tertiary/aromatic N) is 2. The third-order valence-corrected chi connectivity index (χ3v) is 3.35. The van der Waals surface area contributed by atoms with Gasteiger partial charge in [0.25, 0.3) is 0 Å². The summed E-state index contributed by atoms with van der Waals surface area (Å²) in [5, 5.41) is 3.32. The summed E-state index contributed by atoms with van der Waals surface area (Å²) in [7, 11) is 0.